The Morgan fingerprint density at radius 1 is 1.08 bits per heavy atom. The first-order valence-corrected chi connectivity index (χ1v) is 9.56. The Morgan fingerprint density at radius 2 is 1.88 bits per heavy atom. The van der Waals surface area contributed by atoms with Crippen LogP contribution in [-0.2, 0) is 20.8 Å². The van der Waals surface area contributed by atoms with Gasteiger partial charge in [0.05, 0.1) is 37.8 Å². The molecule has 1 aromatic carbocycles. The summed E-state index contributed by atoms with van der Waals surface area (Å²) in [4.78, 5) is 0. The average Bonchev–Trinajstić information content (AvgIpc) is 2.68. The molecule has 1 aliphatic carbocycles. The predicted octanol–water partition coefficient (Wildman–Crippen LogP) is 5.03. The molecule has 0 N–H and O–H groups in total. The van der Waals surface area contributed by atoms with Crippen LogP contribution in [0.1, 0.15) is 44.1 Å². The van der Waals surface area contributed by atoms with Crippen LogP contribution in [-0.4, -0.2) is 25.4 Å². The Labute approximate surface area is 151 Å². The molecule has 0 saturated heterocycles. The van der Waals surface area contributed by atoms with E-state index in [1.54, 1.807) is 0 Å². The van der Waals surface area contributed by atoms with Crippen molar-refractivity contribution in [3.05, 3.63) is 60.4 Å². The maximum atomic E-state index is 6.13. The number of rotatable bonds is 8. The van der Waals surface area contributed by atoms with Gasteiger partial charge in [0, 0.05) is 6.42 Å². The van der Waals surface area contributed by atoms with Gasteiger partial charge in [0.25, 0.3) is 0 Å². The molecule has 2 atom stereocenters. The smallest absolute Gasteiger partial charge is 0.0975 e. The van der Waals surface area contributed by atoms with Gasteiger partial charge in [-0.05, 0) is 30.4 Å². The van der Waals surface area contributed by atoms with Gasteiger partial charge in [-0.3, -0.25) is 0 Å². The summed E-state index contributed by atoms with van der Waals surface area (Å²) >= 11 is 0. The van der Waals surface area contributed by atoms with Gasteiger partial charge in [0.2, 0.25) is 0 Å². The standard InChI is InChI=1S/C22H30O3/c1-2-20-13-21(24-16-19-11-7-4-8-12-19)14-22(25-20)17-23-15-18-9-5-3-6-10-18/h2-3,5-6,9-10,13,19-20,22H,1,4,7-8,11-12,14-17H2/t20-,22-/m0/s1. The summed E-state index contributed by atoms with van der Waals surface area (Å²) in [5.41, 5.74) is 1.18. The van der Waals surface area contributed by atoms with E-state index in [9.17, 15) is 0 Å². The summed E-state index contributed by atoms with van der Waals surface area (Å²) in [5, 5.41) is 0. The van der Waals surface area contributed by atoms with Crippen molar-refractivity contribution in [2.24, 2.45) is 5.92 Å². The molecule has 3 rings (SSSR count). The molecule has 0 unspecified atom stereocenters. The quantitative estimate of drug-likeness (QED) is 0.620. The molecule has 25 heavy (non-hydrogen) atoms. The van der Waals surface area contributed by atoms with E-state index in [0.29, 0.717) is 19.1 Å². The Balaban J connectivity index is 1.45. The van der Waals surface area contributed by atoms with Crippen molar-refractivity contribution in [2.75, 3.05) is 13.2 Å². The molecule has 0 radical (unpaired) electrons. The molecule has 1 fully saturated rings. The van der Waals surface area contributed by atoms with Crippen LogP contribution in [0.25, 0.3) is 0 Å². The summed E-state index contributed by atoms with van der Waals surface area (Å²) < 4.78 is 18.0. The molecule has 0 amide bonds. The fourth-order valence-electron chi connectivity index (χ4n) is 3.58. The van der Waals surface area contributed by atoms with Crippen molar-refractivity contribution in [2.45, 2.75) is 57.3 Å². The van der Waals surface area contributed by atoms with Crippen molar-refractivity contribution < 1.29 is 14.2 Å². The van der Waals surface area contributed by atoms with Crippen molar-refractivity contribution in [3.63, 3.8) is 0 Å². The molecular formula is C22H30O3. The summed E-state index contributed by atoms with van der Waals surface area (Å²) in [5.74, 6) is 1.75. The maximum Gasteiger partial charge on any atom is 0.0975 e. The normalized spacial score (nSPS) is 24.6. The van der Waals surface area contributed by atoms with Crippen LogP contribution in [0.3, 0.4) is 0 Å². The third-order valence-electron chi connectivity index (χ3n) is 5.01. The fourth-order valence-corrected chi connectivity index (χ4v) is 3.58. The van der Waals surface area contributed by atoms with Crippen LogP contribution < -0.4 is 0 Å². The number of ether oxygens (including phenoxy) is 3. The molecule has 1 aromatic rings. The average molecular weight is 342 g/mol. The molecule has 0 spiro atoms. The second kappa shape index (κ2) is 9.79. The first kappa shape index (κ1) is 18.2. The van der Waals surface area contributed by atoms with Gasteiger partial charge in [-0.2, -0.15) is 0 Å². The van der Waals surface area contributed by atoms with Crippen molar-refractivity contribution in [1.82, 2.24) is 0 Å². The minimum atomic E-state index is -0.0829. The van der Waals surface area contributed by atoms with E-state index in [-0.39, 0.29) is 12.2 Å². The summed E-state index contributed by atoms with van der Waals surface area (Å²) in [7, 11) is 0. The van der Waals surface area contributed by atoms with E-state index in [1.165, 1.54) is 37.7 Å². The second-order valence-corrected chi connectivity index (χ2v) is 7.11. The molecule has 3 heteroatoms. The Bertz CT molecular complexity index is 546. The van der Waals surface area contributed by atoms with E-state index in [1.807, 2.05) is 24.3 Å². The van der Waals surface area contributed by atoms with Crippen LogP contribution in [0.5, 0.6) is 0 Å². The Kier molecular flexibility index (Phi) is 7.13. The third-order valence-corrected chi connectivity index (χ3v) is 5.01. The van der Waals surface area contributed by atoms with Crippen LogP contribution in [0.2, 0.25) is 0 Å². The summed E-state index contributed by atoms with van der Waals surface area (Å²) in [6, 6.07) is 10.2. The maximum absolute atomic E-state index is 6.13. The number of hydrogen-bond donors (Lipinski definition) is 0. The lowest BCUT2D eigenvalue weighted by molar-refractivity contribution is -0.0498. The first-order chi connectivity index (χ1) is 12.3. The fraction of sp³-hybridized carbons (Fsp3) is 0.545. The minimum Gasteiger partial charge on any atom is -0.498 e. The highest BCUT2D eigenvalue weighted by Gasteiger charge is 2.23. The Morgan fingerprint density at radius 3 is 2.64 bits per heavy atom. The molecule has 3 nitrogen and oxygen atoms in total. The zero-order valence-corrected chi connectivity index (χ0v) is 15.1. The van der Waals surface area contributed by atoms with Crippen molar-refractivity contribution in [1.29, 1.82) is 0 Å². The zero-order chi connectivity index (χ0) is 17.3. The molecule has 2 aliphatic rings. The van der Waals surface area contributed by atoms with Crippen LogP contribution >= 0.6 is 0 Å². The minimum absolute atomic E-state index is 0.0260. The Hall–Kier alpha value is -1.58. The number of benzene rings is 1. The highest BCUT2D eigenvalue weighted by Crippen LogP contribution is 2.27. The van der Waals surface area contributed by atoms with Gasteiger partial charge in [-0.15, -0.1) is 6.58 Å². The van der Waals surface area contributed by atoms with Crippen LogP contribution in [0.15, 0.2) is 54.8 Å². The van der Waals surface area contributed by atoms with Gasteiger partial charge in [-0.25, -0.2) is 0 Å². The van der Waals surface area contributed by atoms with E-state index >= 15 is 0 Å². The molecule has 1 aliphatic heterocycles. The SMILES string of the molecule is C=C[C@H]1C=C(OCC2CCCCC2)C[C@@H](COCc2ccccc2)O1. The lowest BCUT2D eigenvalue weighted by Gasteiger charge is -2.29. The summed E-state index contributed by atoms with van der Waals surface area (Å²) in [6.07, 6.45) is 11.3. The number of hydrogen-bond acceptors (Lipinski definition) is 3. The van der Waals surface area contributed by atoms with E-state index < -0.39 is 0 Å². The van der Waals surface area contributed by atoms with Gasteiger partial charge in [0.1, 0.15) is 0 Å². The monoisotopic (exact) mass is 342 g/mol. The third kappa shape index (κ3) is 6.02. The lowest BCUT2D eigenvalue weighted by atomic mass is 9.90. The van der Waals surface area contributed by atoms with Crippen molar-refractivity contribution in [3.8, 4) is 0 Å². The zero-order valence-electron chi connectivity index (χ0n) is 15.1. The highest BCUT2D eigenvalue weighted by atomic mass is 16.5. The van der Waals surface area contributed by atoms with Gasteiger partial charge < -0.3 is 14.2 Å². The van der Waals surface area contributed by atoms with E-state index in [4.69, 9.17) is 14.2 Å². The molecular weight excluding hydrogens is 312 g/mol. The van der Waals surface area contributed by atoms with Gasteiger partial charge in [-0.1, -0.05) is 55.7 Å². The summed E-state index contributed by atoms with van der Waals surface area (Å²) in [6.45, 7) is 5.89. The molecule has 0 aromatic heterocycles. The molecule has 1 saturated carbocycles. The predicted molar refractivity (Wildman–Crippen MR) is 100 cm³/mol. The van der Waals surface area contributed by atoms with Crippen molar-refractivity contribution >= 4 is 0 Å². The largest absolute Gasteiger partial charge is 0.498 e. The molecule has 136 valence electrons. The van der Waals surface area contributed by atoms with Gasteiger partial charge >= 0.3 is 0 Å². The first-order valence-electron chi connectivity index (χ1n) is 9.56. The second-order valence-electron chi connectivity index (χ2n) is 7.11. The topological polar surface area (TPSA) is 27.7 Å². The highest BCUT2D eigenvalue weighted by molar-refractivity contribution is 5.13. The van der Waals surface area contributed by atoms with Gasteiger partial charge in [0.15, 0.2) is 0 Å². The van der Waals surface area contributed by atoms with Crippen LogP contribution in [0.4, 0.5) is 0 Å². The van der Waals surface area contributed by atoms with E-state index in [2.05, 4.69) is 24.8 Å². The van der Waals surface area contributed by atoms with Crippen LogP contribution in [0, 0.1) is 5.92 Å². The molecule has 0 bridgehead atoms. The lowest BCUT2D eigenvalue weighted by Crippen LogP contribution is -2.30. The van der Waals surface area contributed by atoms with E-state index in [0.717, 1.165) is 18.8 Å². The molecule has 1 heterocycles.